The molecule has 1 aliphatic heterocycles. The highest BCUT2D eigenvalue weighted by Crippen LogP contribution is 2.48. The van der Waals surface area contributed by atoms with Crippen molar-refractivity contribution in [1.82, 2.24) is 4.98 Å². The fraction of sp³-hybridized carbons (Fsp3) is 0.467. The Kier molecular flexibility index (Phi) is 2.66. The molecule has 1 aromatic heterocycles. The summed E-state index contributed by atoms with van der Waals surface area (Å²) >= 11 is 1.34. The molecule has 0 unspecified atom stereocenters. The van der Waals surface area contributed by atoms with Crippen LogP contribution in [0.25, 0.3) is 10.2 Å². The maximum atomic E-state index is 12.9. The molecule has 1 fully saturated rings. The van der Waals surface area contributed by atoms with E-state index in [1.54, 1.807) is 6.07 Å². The number of ether oxygens (including phenoxy) is 2. The maximum absolute atomic E-state index is 12.9. The standard InChI is InChI=1S/C15H16N2O3S/c1-15(3-2-4-15)13(18)8-7-9-11(20-6-5-19-9)12-10(8)17-14(16)21-12/h7H,2-6H2,1H3,(H2,16,17). The number of nitrogens with two attached hydrogens (primary N) is 1. The number of thiazole rings is 1. The minimum absolute atomic E-state index is 0.140. The van der Waals surface area contributed by atoms with Crippen LogP contribution in [0.4, 0.5) is 5.13 Å². The molecule has 2 N–H and O–H groups in total. The second-order valence-electron chi connectivity index (χ2n) is 5.92. The molecule has 110 valence electrons. The minimum Gasteiger partial charge on any atom is -0.486 e. The topological polar surface area (TPSA) is 74.4 Å². The third-order valence-corrected chi connectivity index (χ3v) is 5.32. The molecule has 0 atom stereocenters. The molecule has 4 rings (SSSR count). The number of rotatable bonds is 2. The van der Waals surface area contributed by atoms with Gasteiger partial charge in [0.25, 0.3) is 0 Å². The SMILES string of the molecule is CC1(C(=O)c2cc3c(c4sc(N)nc24)OCCO3)CCC1. The number of carbonyl (C=O) groups is 1. The molecule has 0 bridgehead atoms. The third kappa shape index (κ3) is 1.82. The van der Waals surface area contributed by atoms with Crippen LogP contribution in [0.1, 0.15) is 36.5 Å². The molecule has 2 aliphatic rings. The smallest absolute Gasteiger partial charge is 0.181 e. The summed E-state index contributed by atoms with van der Waals surface area (Å²) in [6.07, 6.45) is 2.97. The summed E-state index contributed by atoms with van der Waals surface area (Å²) in [6.45, 7) is 3.03. The first-order chi connectivity index (χ1) is 10.1. The molecule has 5 nitrogen and oxygen atoms in total. The van der Waals surface area contributed by atoms with Gasteiger partial charge in [-0.1, -0.05) is 24.7 Å². The van der Waals surface area contributed by atoms with Gasteiger partial charge in [0.05, 0.1) is 5.52 Å². The summed E-state index contributed by atoms with van der Waals surface area (Å²) in [4.78, 5) is 17.2. The summed E-state index contributed by atoms with van der Waals surface area (Å²) in [5.74, 6) is 1.44. The molecular formula is C15H16N2O3S. The number of hydrogen-bond acceptors (Lipinski definition) is 6. The van der Waals surface area contributed by atoms with E-state index >= 15 is 0 Å². The Labute approximate surface area is 126 Å². The van der Waals surface area contributed by atoms with Gasteiger partial charge in [-0.2, -0.15) is 0 Å². The summed E-state index contributed by atoms with van der Waals surface area (Å²) in [5.41, 5.74) is 6.85. The van der Waals surface area contributed by atoms with E-state index in [1.807, 2.05) is 6.92 Å². The Balaban J connectivity index is 1.94. The molecule has 6 heteroatoms. The lowest BCUT2D eigenvalue weighted by molar-refractivity contribution is 0.0665. The number of ketones is 1. The van der Waals surface area contributed by atoms with E-state index in [1.165, 1.54) is 11.3 Å². The van der Waals surface area contributed by atoms with Gasteiger partial charge < -0.3 is 15.2 Å². The highest BCUT2D eigenvalue weighted by Gasteiger charge is 2.41. The van der Waals surface area contributed by atoms with E-state index in [9.17, 15) is 4.79 Å². The van der Waals surface area contributed by atoms with Crippen LogP contribution >= 0.6 is 11.3 Å². The van der Waals surface area contributed by atoms with E-state index in [4.69, 9.17) is 15.2 Å². The van der Waals surface area contributed by atoms with E-state index in [0.29, 0.717) is 40.9 Å². The van der Waals surface area contributed by atoms with E-state index in [0.717, 1.165) is 24.0 Å². The van der Waals surface area contributed by atoms with Crippen molar-refractivity contribution in [2.45, 2.75) is 26.2 Å². The van der Waals surface area contributed by atoms with Crippen LogP contribution in [-0.4, -0.2) is 24.0 Å². The Hall–Kier alpha value is -1.82. The minimum atomic E-state index is -0.269. The van der Waals surface area contributed by atoms with Crippen molar-refractivity contribution < 1.29 is 14.3 Å². The molecule has 0 spiro atoms. The van der Waals surface area contributed by atoms with Crippen molar-refractivity contribution in [1.29, 1.82) is 0 Å². The molecule has 1 saturated carbocycles. The molecule has 2 aromatic rings. The molecule has 2 heterocycles. The number of hydrogen-bond donors (Lipinski definition) is 1. The normalized spacial score (nSPS) is 19.3. The molecular weight excluding hydrogens is 288 g/mol. The van der Waals surface area contributed by atoms with Gasteiger partial charge in [0.2, 0.25) is 0 Å². The van der Waals surface area contributed by atoms with Gasteiger partial charge in [-0.3, -0.25) is 4.79 Å². The van der Waals surface area contributed by atoms with Crippen molar-refractivity contribution >= 4 is 32.5 Å². The fourth-order valence-corrected chi connectivity index (χ4v) is 3.87. The van der Waals surface area contributed by atoms with Crippen molar-refractivity contribution in [2.75, 3.05) is 18.9 Å². The predicted molar refractivity (Wildman–Crippen MR) is 81.3 cm³/mol. The van der Waals surface area contributed by atoms with Crippen molar-refractivity contribution in [3.63, 3.8) is 0 Å². The van der Waals surface area contributed by atoms with Gasteiger partial charge in [0.15, 0.2) is 22.4 Å². The lowest BCUT2D eigenvalue weighted by Crippen LogP contribution is -2.35. The third-order valence-electron chi connectivity index (χ3n) is 4.44. The number of nitrogen functional groups attached to an aromatic ring is 1. The number of fused-ring (bicyclic) bond motifs is 3. The first-order valence-electron chi connectivity index (χ1n) is 7.12. The zero-order valence-corrected chi connectivity index (χ0v) is 12.6. The Morgan fingerprint density at radius 3 is 2.86 bits per heavy atom. The lowest BCUT2D eigenvalue weighted by Gasteiger charge is -2.36. The summed E-state index contributed by atoms with van der Waals surface area (Å²) < 4.78 is 12.2. The highest BCUT2D eigenvalue weighted by atomic mass is 32.1. The summed E-state index contributed by atoms with van der Waals surface area (Å²) in [6, 6.07) is 1.78. The first kappa shape index (κ1) is 12.9. The van der Waals surface area contributed by atoms with Gasteiger partial charge in [0.1, 0.15) is 17.9 Å². The van der Waals surface area contributed by atoms with Gasteiger partial charge in [-0.05, 0) is 18.9 Å². The number of Topliss-reactive ketones (excluding diaryl/α,β-unsaturated/α-hetero) is 1. The summed E-state index contributed by atoms with van der Waals surface area (Å²) in [7, 11) is 0. The number of benzene rings is 1. The van der Waals surface area contributed by atoms with Crippen molar-refractivity contribution in [3.05, 3.63) is 11.6 Å². The average Bonchev–Trinajstić information content (AvgIpc) is 2.85. The van der Waals surface area contributed by atoms with Crippen LogP contribution in [0.2, 0.25) is 0 Å². The van der Waals surface area contributed by atoms with Crippen LogP contribution in [0, 0.1) is 5.41 Å². The Bertz CT molecular complexity index is 749. The van der Waals surface area contributed by atoms with Crippen LogP contribution in [0.5, 0.6) is 11.5 Å². The number of nitrogens with zero attached hydrogens (tertiary/aromatic N) is 1. The van der Waals surface area contributed by atoms with Crippen molar-refractivity contribution in [2.24, 2.45) is 5.41 Å². The number of carbonyl (C=O) groups excluding carboxylic acids is 1. The maximum Gasteiger partial charge on any atom is 0.181 e. The van der Waals surface area contributed by atoms with E-state index < -0.39 is 0 Å². The molecule has 1 aliphatic carbocycles. The first-order valence-corrected chi connectivity index (χ1v) is 7.93. The van der Waals surface area contributed by atoms with Gasteiger partial charge >= 0.3 is 0 Å². The second kappa shape index (κ2) is 4.34. The van der Waals surface area contributed by atoms with Crippen LogP contribution < -0.4 is 15.2 Å². The fourth-order valence-electron chi connectivity index (χ4n) is 3.02. The van der Waals surface area contributed by atoms with Crippen molar-refractivity contribution in [3.8, 4) is 11.5 Å². The average molecular weight is 304 g/mol. The number of anilines is 1. The predicted octanol–water partition coefficient (Wildman–Crippen LogP) is 3.02. The van der Waals surface area contributed by atoms with Gasteiger partial charge in [0, 0.05) is 11.0 Å². The molecule has 1 aromatic carbocycles. The largest absolute Gasteiger partial charge is 0.486 e. The monoisotopic (exact) mass is 304 g/mol. The van der Waals surface area contributed by atoms with E-state index in [-0.39, 0.29) is 11.2 Å². The molecule has 0 radical (unpaired) electrons. The lowest BCUT2D eigenvalue weighted by atomic mass is 9.66. The quantitative estimate of drug-likeness (QED) is 0.863. The number of aromatic nitrogens is 1. The second-order valence-corrected chi connectivity index (χ2v) is 6.95. The molecule has 0 amide bonds. The van der Waals surface area contributed by atoms with Crippen LogP contribution in [-0.2, 0) is 0 Å². The molecule has 0 saturated heterocycles. The van der Waals surface area contributed by atoms with Gasteiger partial charge in [-0.25, -0.2) is 4.98 Å². The Morgan fingerprint density at radius 1 is 1.38 bits per heavy atom. The zero-order valence-electron chi connectivity index (χ0n) is 11.8. The van der Waals surface area contributed by atoms with Gasteiger partial charge in [-0.15, -0.1) is 0 Å². The van der Waals surface area contributed by atoms with Crippen LogP contribution in [0.15, 0.2) is 6.07 Å². The highest BCUT2D eigenvalue weighted by molar-refractivity contribution is 7.22. The zero-order chi connectivity index (χ0) is 14.6. The van der Waals surface area contributed by atoms with E-state index in [2.05, 4.69) is 4.98 Å². The van der Waals surface area contributed by atoms with Crippen LogP contribution in [0.3, 0.4) is 0 Å². The Morgan fingerprint density at radius 2 is 2.14 bits per heavy atom. The molecule has 21 heavy (non-hydrogen) atoms. The summed E-state index contributed by atoms with van der Waals surface area (Å²) in [5, 5.41) is 0.445.